The van der Waals surface area contributed by atoms with Gasteiger partial charge in [-0.25, -0.2) is 0 Å². The molecule has 0 saturated heterocycles. The second-order valence-corrected chi connectivity index (χ2v) is 12.3. The van der Waals surface area contributed by atoms with Crippen LogP contribution < -0.4 is 14.2 Å². The van der Waals surface area contributed by atoms with Crippen LogP contribution in [0.15, 0.2) is 36.4 Å². The van der Waals surface area contributed by atoms with Gasteiger partial charge in [0, 0.05) is 48.0 Å². The molecule has 2 heterocycles. The Kier molecular flexibility index (Phi) is 12.2. The van der Waals surface area contributed by atoms with Crippen molar-refractivity contribution in [3.8, 4) is 23.0 Å². The number of hydrogen-bond acceptors (Lipinski definition) is 12. The molecule has 0 radical (unpaired) electrons. The average molecular weight is 672 g/mol. The Hall–Kier alpha value is -4.36. The number of esters is 2. The van der Waals surface area contributed by atoms with Crippen molar-refractivity contribution >= 4 is 66.5 Å². The second-order valence-electron chi connectivity index (χ2n) is 10.2. The van der Waals surface area contributed by atoms with E-state index in [-0.39, 0.29) is 62.4 Å². The van der Waals surface area contributed by atoms with Crippen LogP contribution in [0.2, 0.25) is 0 Å². The summed E-state index contributed by atoms with van der Waals surface area (Å²) >= 11 is 2.60. The number of hydrogen-bond donors (Lipinski definition) is 1. The van der Waals surface area contributed by atoms with Gasteiger partial charge in [-0.15, -0.1) is 22.7 Å². The van der Waals surface area contributed by atoms with Crippen molar-refractivity contribution in [3.63, 3.8) is 0 Å². The molecule has 0 fully saturated rings. The molecular weight excluding hydrogens is 634 g/mol. The summed E-state index contributed by atoms with van der Waals surface area (Å²) in [6.45, 7) is 4.84. The van der Waals surface area contributed by atoms with Crippen molar-refractivity contribution in [2.45, 2.75) is 39.5 Å². The van der Waals surface area contributed by atoms with Crippen molar-refractivity contribution in [1.82, 2.24) is 4.90 Å². The van der Waals surface area contributed by atoms with E-state index in [0.29, 0.717) is 52.0 Å². The van der Waals surface area contributed by atoms with Crippen LogP contribution in [0.3, 0.4) is 0 Å². The van der Waals surface area contributed by atoms with Gasteiger partial charge in [0.1, 0.15) is 0 Å². The van der Waals surface area contributed by atoms with Gasteiger partial charge in [-0.3, -0.25) is 19.2 Å². The second kappa shape index (κ2) is 16.3. The number of methoxy groups -OCH3 is 1. The Morgan fingerprint density at radius 2 is 1.33 bits per heavy atom. The van der Waals surface area contributed by atoms with Gasteiger partial charge in [-0.05, 0) is 48.9 Å². The standard InChI is InChI=1S/C33H37NO10S2/c1-5-41-31(37)9-8-22(35)29-16-20-14-23(36)24(18-27(20)45-29)43-12-7-13-44-26-19-28-21(15-25(26)40-4)17-30(46-28)33(39)34(3)11-10-32(38)42-6-2/h14-19,36H,5-13H2,1-4H3. The number of aromatic hydroxyl groups is 1. The van der Waals surface area contributed by atoms with Crippen molar-refractivity contribution in [2.24, 2.45) is 0 Å². The normalized spacial score (nSPS) is 11.0. The minimum absolute atomic E-state index is 0.0216. The summed E-state index contributed by atoms with van der Waals surface area (Å²) in [6, 6.07) is 10.4. The highest BCUT2D eigenvalue weighted by Gasteiger charge is 2.19. The number of thiophene rings is 2. The lowest BCUT2D eigenvalue weighted by molar-refractivity contribution is -0.144. The molecule has 46 heavy (non-hydrogen) atoms. The number of carbonyl (C=O) groups excluding carboxylic acids is 4. The first kappa shape index (κ1) is 34.5. The number of ketones is 1. The van der Waals surface area contributed by atoms with E-state index in [1.807, 2.05) is 12.1 Å². The molecule has 246 valence electrons. The molecule has 0 aliphatic carbocycles. The number of rotatable bonds is 17. The molecule has 0 spiro atoms. The zero-order valence-corrected chi connectivity index (χ0v) is 27.8. The minimum Gasteiger partial charge on any atom is -0.504 e. The highest BCUT2D eigenvalue weighted by Crippen LogP contribution is 2.38. The van der Waals surface area contributed by atoms with Crippen LogP contribution in [0, 0.1) is 0 Å². The van der Waals surface area contributed by atoms with Gasteiger partial charge < -0.3 is 33.7 Å². The van der Waals surface area contributed by atoms with E-state index in [2.05, 4.69) is 0 Å². The highest BCUT2D eigenvalue weighted by molar-refractivity contribution is 7.21. The summed E-state index contributed by atoms with van der Waals surface area (Å²) in [6.07, 6.45) is 0.703. The van der Waals surface area contributed by atoms with Crippen LogP contribution in [0.25, 0.3) is 20.2 Å². The molecule has 2 aromatic heterocycles. The predicted molar refractivity (Wildman–Crippen MR) is 176 cm³/mol. The third kappa shape index (κ3) is 8.88. The van der Waals surface area contributed by atoms with Gasteiger partial charge in [0.15, 0.2) is 28.8 Å². The maximum atomic E-state index is 12.9. The molecule has 1 N–H and O–H groups in total. The van der Waals surface area contributed by atoms with Gasteiger partial charge in [0.05, 0.1) is 56.1 Å². The van der Waals surface area contributed by atoms with E-state index in [4.69, 9.17) is 23.7 Å². The number of carbonyl (C=O) groups is 4. The fourth-order valence-electron chi connectivity index (χ4n) is 4.51. The average Bonchev–Trinajstić information content (AvgIpc) is 3.65. The Bertz CT molecular complexity index is 1710. The fourth-order valence-corrected chi connectivity index (χ4v) is 6.62. The van der Waals surface area contributed by atoms with E-state index >= 15 is 0 Å². The molecule has 4 rings (SSSR count). The molecule has 11 nitrogen and oxygen atoms in total. The first-order valence-corrected chi connectivity index (χ1v) is 16.5. The van der Waals surface area contributed by atoms with Gasteiger partial charge >= 0.3 is 11.9 Å². The van der Waals surface area contributed by atoms with Gasteiger partial charge in [-0.1, -0.05) is 0 Å². The van der Waals surface area contributed by atoms with Crippen LogP contribution in [0.4, 0.5) is 0 Å². The number of ether oxygens (including phenoxy) is 5. The molecule has 0 bridgehead atoms. The summed E-state index contributed by atoms with van der Waals surface area (Å²) in [5.74, 6) is 0.192. The predicted octanol–water partition coefficient (Wildman–Crippen LogP) is 6.23. The molecule has 1 amide bonds. The number of nitrogens with zero attached hydrogens (tertiary/aromatic N) is 1. The van der Waals surface area contributed by atoms with Crippen LogP contribution in [-0.2, 0) is 19.1 Å². The summed E-state index contributed by atoms with van der Waals surface area (Å²) in [4.78, 5) is 51.3. The summed E-state index contributed by atoms with van der Waals surface area (Å²) in [5, 5.41) is 12.0. The topological polar surface area (TPSA) is 138 Å². The molecule has 0 aliphatic heterocycles. The zero-order chi connectivity index (χ0) is 33.2. The largest absolute Gasteiger partial charge is 0.504 e. The third-order valence-corrected chi connectivity index (χ3v) is 9.08. The lowest BCUT2D eigenvalue weighted by Gasteiger charge is -2.15. The molecule has 2 aromatic carbocycles. The SMILES string of the molecule is CCOC(=O)CCC(=O)c1cc2cc(O)c(OCCCOc3cc4sc(C(=O)N(C)CCC(=O)OCC)cc4cc3OC)cc2s1. The number of Topliss-reactive ketones (excluding diaryl/α,β-unsaturated/α-hetero) is 1. The van der Waals surface area contributed by atoms with Crippen LogP contribution >= 0.6 is 22.7 Å². The summed E-state index contributed by atoms with van der Waals surface area (Å²) in [7, 11) is 3.19. The highest BCUT2D eigenvalue weighted by atomic mass is 32.1. The van der Waals surface area contributed by atoms with Gasteiger partial charge in [0.2, 0.25) is 0 Å². The Morgan fingerprint density at radius 1 is 0.739 bits per heavy atom. The Morgan fingerprint density at radius 3 is 2.00 bits per heavy atom. The quantitative estimate of drug-likeness (QED) is 0.0781. The van der Waals surface area contributed by atoms with E-state index in [9.17, 15) is 24.3 Å². The molecular formula is C33H37NO10S2. The molecule has 13 heteroatoms. The maximum absolute atomic E-state index is 12.9. The van der Waals surface area contributed by atoms with Crippen molar-refractivity contribution in [2.75, 3.05) is 47.1 Å². The van der Waals surface area contributed by atoms with Gasteiger partial charge in [-0.2, -0.15) is 0 Å². The summed E-state index contributed by atoms with van der Waals surface area (Å²) < 4.78 is 28.8. The molecule has 0 aliphatic rings. The lowest BCUT2D eigenvalue weighted by atomic mass is 10.1. The van der Waals surface area contributed by atoms with Crippen molar-refractivity contribution in [3.05, 3.63) is 46.2 Å². The minimum atomic E-state index is -0.408. The number of amides is 1. The van der Waals surface area contributed by atoms with Crippen molar-refractivity contribution < 1.29 is 48.0 Å². The molecule has 4 aromatic rings. The van der Waals surface area contributed by atoms with E-state index in [1.54, 1.807) is 52.3 Å². The van der Waals surface area contributed by atoms with Crippen LogP contribution in [-0.4, -0.2) is 80.8 Å². The Balaban J connectivity index is 1.31. The smallest absolute Gasteiger partial charge is 0.307 e. The van der Waals surface area contributed by atoms with Crippen LogP contribution in [0.1, 0.15) is 58.9 Å². The van der Waals surface area contributed by atoms with Crippen LogP contribution in [0.5, 0.6) is 23.0 Å². The number of fused-ring (bicyclic) bond motifs is 2. The molecule has 0 saturated carbocycles. The third-order valence-electron chi connectivity index (χ3n) is 6.85. The van der Waals surface area contributed by atoms with Gasteiger partial charge in [0.25, 0.3) is 5.91 Å². The molecule has 0 atom stereocenters. The maximum Gasteiger partial charge on any atom is 0.307 e. The summed E-state index contributed by atoms with van der Waals surface area (Å²) in [5.41, 5.74) is 0. The fraction of sp³-hybridized carbons (Fsp3) is 0.394. The monoisotopic (exact) mass is 671 g/mol. The lowest BCUT2D eigenvalue weighted by Crippen LogP contribution is -2.28. The number of phenols is 1. The van der Waals surface area contributed by atoms with Crippen molar-refractivity contribution in [1.29, 1.82) is 0 Å². The first-order valence-electron chi connectivity index (χ1n) is 14.9. The first-order chi connectivity index (χ1) is 22.1. The Labute approximate surface area is 274 Å². The van der Waals surface area contributed by atoms with E-state index < -0.39 is 5.97 Å². The number of phenolic OH excluding ortho intramolecular Hbond substituents is 1. The van der Waals surface area contributed by atoms with E-state index in [1.165, 1.54) is 27.6 Å². The van der Waals surface area contributed by atoms with E-state index in [0.717, 1.165) is 14.8 Å². The molecule has 0 unspecified atom stereocenters. The zero-order valence-electron chi connectivity index (χ0n) is 26.2. The number of benzene rings is 2.